The van der Waals surface area contributed by atoms with E-state index in [2.05, 4.69) is 0 Å². The van der Waals surface area contributed by atoms with E-state index in [0.717, 1.165) is 12.1 Å². The van der Waals surface area contributed by atoms with Crippen molar-refractivity contribution in [3.63, 3.8) is 0 Å². The Bertz CT molecular complexity index is 514. The number of hydrogen-bond donors (Lipinski definition) is 1. The van der Waals surface area contributed by atoms with Gasteiger partial charge in [0.15, 0.2) is 0 Å². The molecule has 1 aromatic rings. The molecule has 5 nitrogen and oxygen atoms in total. The molecule has 2 N–H and O–H groups in total. The topological polar surface area (TPSA) is 66.6 Å². The van der Waals surface area contributed by atoms with Crippen molar-refractivity contribution in [2.75, 3.05) is 32.7 Å². The normalized spacial score (nSPS) is 14.6. The molecule has 2 rings (SSSR count). The molecular formula is C13H16ClF2N3O2. The maximum atomic E-state index is 13.5. The molecule has 1 aliphatic rings. The van der Waals surface area contributed by atoms with Gasteiger partial charge in [0.25, 0.3) is 5.91 Å². The average molecular weight is 320 g/mol. The van der Waals surface area contributed by atoms with E-state index < -0.39 is 23.1 Å². The van der Waals surface area contributed by atoms with Crippen molar-refractivity contribution in [1.29, 1.82) is 0 Å². The molecule has 0 bridgehead atoms. The highest BCUT2D eigenvalue weighted by Gasteiger charge is 2.27. The lowest BCUT2D eigenvalue weighted by Crippen LogP contribution is -2.52. The Hall–Kier alpha value is -1.73. The van der Waals surface area contributed by atoms with E-state index in [-0.39, 0.29) is 37.9 Å². The van der Waals surface area contributed by atoms with Crippen molar-refractivity contribution in [3.05, 3.63) is 35.4 Å². The molecule has 0 spiro atoms. The Morgan fingerprint density at radius 1 is 1.05 bits per heavy atom. The first kappa shape index (κ1) is 17.3. The minimum atomic E-state index is -0.879. The average Bonchev–Trinajstić information content (AvgIpc) is 2.46. The Morgan fingerprint density at radius 3 is 2.00 bits per heavy atom. The van der Waals surface area contributed by atoms with E-state index in [1.165, 1.54) is 15.9 Å². The lowest BCUT2D eigenvalue weighted by atomic mass is 10.1. The highest BCUT2D eigenvalue weighted by atomic mass is 35.5. The van der Waals surface area contributed by atoms with Crippen LogP contribution in [0.3, 0.4) is 0 Å². The first-order valence-corrected chi connectivity index (χ1v) is 6.25. The van der Waals surface area contributed by atoms with Gasteiger partial charge in [-0.3, -0.25) is 9.59 Å². The third-order valence-corrected chi connectivity index (χ3v) is 3.27. The van der Waals surface area contributed by atoms with Gasteiger partial charge in [-0.2, -0.15) is 0 Å². The number of halogens is 3. The summed E-state index contributed by atoms with van der Waals surface area (Å²) in [6, 6.07) is 3.30. The van der Waals surface area contributed by atoms with Crippen LogP contribution in [0.5, 0.6) is 0 Å². The van der Waals surface area contributed by atoms with Crippen LogP contribution in [0, 0.1) is 11.6 Å². The van der Waals surface area contributed by atoms with Gasteiger partial charge in [-0.15, -0.1) is 12.4 Å². The molecule has 0 unspecified atom stereocenters. The summed E-state index contributed by atoms with van der Waals surface area (Å²) >= 11 is 0. The van der Waals surface area contributed by atoms with Crippen LogP contribution >= 0.6 is 12.4 Å². The molecule has 1 saturated heterocycles. The largest absolute Gasteiger partial charge is 0.338 e. The molecule has 2 amide bonds. The maximum absolute atomic E-state index is 13.5. The summed E-state index contributed by atoms with van der Waals surface area (Å²) in [6.45, 7) is 1.02. The van der Waals surface area contributed by atoms with Gasteiger partial charge < -0.3 is 15.5 Å². The zero-order chi connectivity index (χ0) is 14.7. The van der Waals surface area contributed by atoms with Gasteiger partial charge in [-0.05, 0) is 12.1 Å². The van der Waals surface area contributed by atoms with E-state index in [1.807, 2.05) is 0 Å². The number of hydrogen-bond acceptors (Lipinski definition) is 3. The van der Waals surface area contributed by atoms with Crippen molar-refractivity contribution >= 4 is 24.2 Å². The maximum Gasteiger partial charge on any atom is 0.259 e. The van der Waals surface area contributed by atoms with Gasteiger partial charge in [0.05, 0.1) is 6.54 Å². The molecule has 0 atom stereocenters. The molecule has 21 heavy (non-hydrogen) atoms. The van der Waals surface area contributed by atoms with Crippen LogP contribution in [0.1, 0.15) is 10.4 Å². The Kier molecular flexibility index (Phi) is 6.04. The predicted molar refractivity (Wildman–Crippen MR) is 75.1 cm³/mol. The summed E-state index contributed by atoms with van der Waals surface area (Å²) in [5.74, 6) is -2.65. The van der Waals surface area contributed by atoms with Gasteiger partial charge in [-0.25, -0.2) is 8.78 Å². The van der Waals surface area contributed by atoms with Crippen LogP contribution in [0.25, 0.3) is 0 Å². The number of nitrogens with two attached hydrogens (primary N) is 1. The minimum Gasteiger partial charge on any atom is -0.338 e. The number of rotatable bonds is 2. The highest BCUT2D eigenvalue weighted by Crippen LogP contribution is 2.16. The fraction of sp³-hybridized carbons (Fsp3) is 0.385. The predicted octanol–water partition coefficient (Wildman–Crippen LogP) is 0.630. The minimum absolute atomic E-state index is 0. The summed E-state index contributed by atoms with van der Waals surface area (Å²) in [5.41, 5.74) is 4.71. The van der Waals surface area contributed by atoms with E-state index >= 15 is 0 Å². The molecule has 0 aliphatic carbocycles. The molecule has 0 saturated carbocycles. The van der Waals surface area contributed by atoms with Crippen molar-refractivity contribution in [3.8, 4) is 0 Å². The molecule has 1 aromatic carbocycles. The van der Waals surface area contributed by atoms with Crippen molar-refractivity contribution in [1.82, 2.24) is 9.80 Å². The SMILES string of the molecule is Cl.NCC(=O)N1CCN(C(=O)c2c(F)cccc2F)CC1. The van der Waals surface area contributed by atoms with Gasteiger partial charge >= 0.3 is 0 Å². The summed E-state index contributed by atoms with van der Waals surface area (Å²) in [6.07, 6.45) is 0. The van der Waals surface area contributed by atoms with E-state index in [1.54, 1.807) is 0 Å². The fourth-order valence-corrected chi connectivity index (χ4v) is 2.15. The lowest BCUT2D eigenvalue weighted by molar-refractivity contribution is -0.131. The van der Waals surface area contributed by atoms with Crippen LogP contribution in [-0.2, 0) is 4.79 Å². The highest BCUT2D eigenvalue weighted by molar-refractivity contribution is 5.95. The molecule has 0 radical (unpaired) electrons. The van der Waals surface area contributed by atoms with Crippen LogP contribution in [0.4, 0.5) is 8.78 Å². The Balaban J connectivity index is 0.00000220. The summed E-state index contributed by atoms with van der Waals surface area (Å²) < 4.78 is 27.1. The Labute approximate surface area is 127 Å². The first-order chi connectivity index (χ1) is 9.54. The Morgan fingerprint density at radius 2 is 1.52 bits per heavy atom. The number of benzene rings is 1. The van der Waals surface area contributed by atoms with E-state index in [9.17, 15) is 18.4 Å². The number of piperazine rings is 1. The van der Waals surface area contributed by atoms with Gasteiger partial charge in [-0.1, -0.05) is 6.07 Å². The van der Waals surface area contributed by atoms with Crippen LogP contribution in [-0.4, -0.2) is 54.3 Å². The second-order valence-corrected chi connectivity index (χ2v) is 4.47. The lowest BCUT2D eigenvalue weighted by Gasteiger charge is -2.34. The van der Waals surface area contributed by atoms with Gasteiger partial charge in [0.2, 0.25) is 5.91 Å². The molecule has 1 heterocycles. The van der Waals surface area contributed by atoms with Crippen LogP contribution in [0.15, 0.2) is 18.2 Å². The molecular weight excluding hydrogens is 304 g/mol. The quantitative estimate of drug-likeness (QED) is 0.869. The monoisotopic (exact) mass is 319 g/mol. The second-order valence-electron chi connectivity index (χ2n) is 4.47. The zero-order valence-electron chi connectivity index (χ0n) is 11.2. The van der Waals surface area contributed by atoms with Crippen molar-refractivity contribution < 1.29 is 18.4 Å². The number of carbonyl (C=O) groups excluding carboxylic acids is 2. The van der Waals surface area contributed by atoms with E-state index in [4.69, 9.17) is 5.73 Å². The first-order valence-electron chi connectivity index (χ1n) is 6.25. The third-order valence-electron chi connectivity index (χ3n) is 3.27. The van der Waals surface area contributed by atoms with Crippen LogP contribution < -0.4 is 5.73 Å². The van der Waals surface area contributed by atoms with Crippen LogP contribution in [0.2, 0.25) is 0 Å². The number of nitrogens with zero attached hydrogens (tertiary/aromatic N) is 2. The van der Waals surface area contributed by atoms with E-state index in [0.29, 0.717) is 13.1 Å². The zero-order valence-corrected chi connectivity index (χ0v) is 12.0. The molecule has 1 aliphatic heterocycles. The summed E-state index contributed by atoms with van der Waals surface area (Å²) in [5, 5.41) is 0. The van der Waals surface area contributed by atoms with Gasteiger partial charge in [0, 0.05) is 26.2 Å². The molecule has 1 fully saturated rings. The summed E-state index contributed by atoms with van der Waals surface area (Å²) in [4.78, 5) is 26.4. The number of carbonyl (C=O) groups is 2. The summed E-state index contributed by atoms with van der Waals surface area (Å²) in [7, 11) is 0. The molecule has 116 valence electrons. The molecule has 8 heteroatoms. The van der Waals surface area contributed by atoms with Crippen molar-refractivity contribution in [2.24, 2.45) is 5.73 Å². The molecule has 0 aromatic heterocycles. The third kappa shape index (κ3) is 3.68. The van der Waals surface area contributed by atoms with Crippen molar-refractivity contribution in [2.45, 2.75) is 0 Å². The smallest absolute Gasteiger partial charge is 0.259 e. The fourth-order valence-electron chi connectivity index (χ4n) is 2.15. The number of amides is 2. The second kappa shape index (κ2) is 7.33. The standard InChI is InChI=1S/C13H15F2N3O2.ClH/c14-9-2-1-3-10(15)12(9)13(20)18-6-4-17(5-7-18)11(19)8-16;/h1-3H,4-8,16H2;1H. The van der Waals surface area contributed by atoms with Gasteiger partial charge in [0.1, 0.15) is 17.2 Å².